The standard InChI is InChI=1S/C19H20N4O2S/c1-13-16(17-14(26-13)6-8-21(2)18(17)24)19(25)23-11-9-22(10-12-23)15-5-3-4-7-20-15/h3-8H,9-12H2,1-2H3. The lowest BCUT2D eigenvalue weighted by atomic mass is 10.1. The summed E-state index contributed by atoms with van der Waals surface area (Å²) in [6.45, 7) is 4.64. The van der Waals surface area contributed by atoms with Gasteiger partial charge in [0.05, 0.1) is 10.9 Å². The summed E-state index contributed by atoms with van der Waals surface area (Å²) >= 11 is 1.51. The second-order valence-electron chi connectivity index (χ2n) is 6.47. The molecule has 6 nitrogen and oxygen atoms in total. The molecule has 4 heterocycles. The van der Waals surface area contributed by atoms with Crippen LogP contribution in [0.25, 0.3) is 10.1 Å². The van der Waals surface area contributed by atoms with E-state index in [2.05, 4.69) is 9.88 Å². The van der Waals surface area contributed by atoms with Crippen LogP contribution in [-0.2, 0) is 7.05 Å². The molecule has 0 radical (unpaired) electrons. The van der Waals surface area contributed by atoms with Crippen molar-refractivity contribution >= 4 is 33.1 Å². The third-order valence-electron chi connectivity index (χ3n) is 4.85. The predicted molar refractivity (Wildman–Crippen MR) is 104 cm³/mol. The van der Waals surface area contributed by atoms with E-state index in [1.807, 2.05) is 36.1 Å². The van der Waals surface area contributed by atoms with E-state index in [-0.39, 0.29) is 11.5 Å². The van der Waals surface area contributed by atoms with Crippen LogP contribution in [0.2, 0.25) is 0 Å². The van der Waals surface area contributed by atoms with Crippen LogP contribution in [0.4, 0.5) is 5.82 Å². The molecule has 0 saturated carbocycles. The molecule has 4 rings (SSSR count). The van der Waals surface area contributed by atoms with Crippen LogP contribution in [0.1, 0.15) is 15.2 Å². The molecule has 3 aromatic heterocycles. The summed E-state index contributed by atoms with van der Waals surface area (Å²) in [5, 5.41) is 0.551. The van der Waals surface area contributed by atoms with Gasteiger partial charge in [0, 0.05) is 55.2 Å². The fourth-order valence-electron chi connectivity index (χ4n) is 3.41. The summed E-state index contributed by atoms with van der Waals surface area (Å²) in [6, 6.07) is 7.76. The van der Waals surface area contributed by atoms with E-state index in [1.165, 1.54) is 15.9 Å². The Hall–Kier alpha value is -2.67. The zero-order valence-electron chi connectivity index (χ0n) is 14.8. The van der Waals surface area contributed by atoms with Gasteiger partial charge in [-0.05, 0) is 25.1 Å². The fourth-order valence-corrected chi connectivity index (χ4v) is 4.46. The van der Waals surface area contributed by atoms with Gasteiger partial charge in [-0.1, -0.05) is 6.07 Å². The monoisotopic (exact) mass is 368 g/mol. The maximum absolute atomic E-state index is 13.2. The molecule has 0 spiro atoms. The van der Waals surface area contributed by atoms with Crippen LogP contribution >= 0.6 is 11.3 Å². The Kier molecular flexibility index (Phi) is 4.24. The number of hydrogen-bond donors (Lipinski definition) is 0. The van der Waals surface area contributed by atoms with Crippen molar-refractivity contribution < 1.29 is 4.79 Å². The van der Waals surface area contributed by atoms with E-state index >= 15 is 0 Å². The zero-order valence-corrected chi connectivity index (χ0v) is 15.6. The minimum absolute atomic E-state index is 0.0438. The van der Waals surface area contributed by atoms with Gasteiger partial charge in [0.1, 0.15) is 5.82 Å². The minimum Gasteiger partial charge on any atom is -0.353 e. The molecule has 0 atom stereocenters. The number of carbonyl (C=O) groups is 1. The first kappa shape index (κ1) is 16.8. The summed E-state index contributed by atoms with van der Waals surface area (Å²) < 4.78 is 2.41. The molecule has 0 unspecified atom stereocenters. The van der Waals surface area contributed by atoms with Crippen molar-refractivity contribution in [1.29, 1.82) is 0 Å². The number of nitrogens with zero attached hydrogens (tertiary/aromatic N) is 4. The maximum Gasteiger partial charge on any atom is 0.259 e. The highest BCUT2D eigenvalue weighted by molar-refractivity contribution is 7.19. The zero-order chi connectivity index (χ0) is 18.3. The third-order valence-corrected chi connectivity index (χ3v) is 5.92. The molecule has 0 N–H and O–H groups in total. The maximum atomic E-state index is 13.2. The molecule has 3 aromatic rings. The van der Waals surface area contributed by atoms with Gasteiger partial charge in [0.25, 0.3) is 11.5 Å². The Bertz CT molecular complexity index is 1020. The number of amides is 1. The van der Waals surface area contributed by atoms with E-state index in [0.29, 0.717) is 24.0 Å². The number of thiophene rings is 1. The van der Waals surface area contributed by atoms with Crippen molar-refractivity contribution in [2.45, 2.75) is 6.92 Å². The van der Waals surface area contributed by atoms with Gasteiger partial charge in [0.15, 0.2) is 0 Å². The topological polar surface area (TPSA) is 58.4 Å². The molecule has 0 aromatic carbocycles. The van der Waals surface area contributed by atoms with Crippen LogP contribution in [0.5, 0.6) is 0 Å². The number of carbonyl (C=O) groups excluding carboxylic acids is 1. The Balaban J connectivity index is 1.60. The average molecular weight is 368 g/mol. The summed E-state index contributed by atoms with van der Waals surface area (Å²) in [6.07, 6.45) is 3.53. The van der Waals surface area contributed by atoms with Crippen LogP contribution in [0.15, 0.2) is 41.5 Å². The van der Waals surface area contributed by atoms with E-state index in [1.54, 1.807) is 19.4 Å². The number of pyridine rings is 2. The fraction of sp³-hybridized carbons (Fsp3) is 0.316. The third kappa shape index (κ3) is 2.78. The molecule has 0 bridgehead atoms. The second-order valence-corrected chi connectivity index (χ2v) is 7.73. The average Bonchev–Trinajstić information content (AvgIpc) is 3.02. The van der Waals surface area contributed by atoms with Gasteiger partial charge in [0.2, 0.25) is 0 Å². The number of piperazine rings is 1. The molecule has 7 heteroatoms. The molecule has 1 saturated heterocycles. The summed E-state index contributed by atoms with van der Waals surface area (Å²) in [5.74, 6) is 0.892. The Morgan fingerprint density at radius 2 is 1.92 bits per heavy atom. The van der Waals surface area contributed by atoms with Crippen molar-refractivity contribution in [2.24, 2.45) is 7.05 Å². The van der Waals surface area contributed by atoms with Crippen molar-refractivity contribution in [3.63, 3.8) is 0 Å². The van der Waals surface area contributed by atoms with Gasteiger partial charge < -0.3 is 14.4 Å². The highest BCUT2D eigenvalue weighted by atomic mass is 32.1. The lowest BCUT2D eigenvalue weighted by Crippen LogP contribution is -2.49. The Morgan fingerprint density at radius 1 is 1.15 bits per heavy atom. The molecule has 134 valence electrons. The smallest absolute Gasteiger partial charge is 0.259 e. The molecule has 1 amide bonds. The van der Waals surface area contributed by atoms with Gasteiger partial charge >= 0.3 is 0 Å². The van der Waals surface area contributed by atoms with E-state index in [9.17, 15) is 9.59 Å². The minimum atomic E-state index is -0.109. The normalized spacial score (nSPS) is 14.8. The highest BCUT2D eigenvalue weighted by Gasteiger charge is 2.27. The van der Waals surface area contributed by atoms with Crippen molar-refractivity contribution in [3.8, 4) is 0 Å². The van der Waals surface area contributed by atoms with Crippen molar-refractivity contribution in [2.75, 3.05) is 31.1 Å². The Morgan fingerprint density at radius 3 is 2.62 bits per heavy atom. The largest absolute Gasteiger partial charge is 0.353 e. The van der Waals surface area contributed by atoms with E-state index < -0.39 is 0 Å². The van der Waals surface area contributed by atoms with E-state index in [4.69, 9.17) is 0 Å². The van der Waals surface area contributed by atoms with Crippen molar-refractivity contribution in [1.82, 2.24) is 14.5 Å². The number of fused-ring (bicyclic) bond motifs is 1. The van der Waals surface area contributed by atoms with Gasteiger partial charge in [-0.25, -0.2) is 4.98 Å². The first-order valence-corrected chi connectivity index (χ1v) is 9.42. The van der Waals surface area contributed by atoms with Gasteiger partial charge in [-0.15, -0.1) is 11.3 Å². The number of rotatable bonds is 2. The Labute approximate surface area is 155 Å². The highest BCUT2D eigenvalue weighted by Crippen LogP contribution is 2.29. The van der Waals surface area contributed by atoms with Crippen LogP contribution in [0.3, 0.4) is 0 Å². The predicted octanol–water partition coefficient (Wildman–Crippen LogP) is 2.27. The SMILES string of the molecule is Cc1sc2ccn(C)c(=O)c2c1C(=O)N1CCN(c2ccccn2)CC1. The molecule has 1 fully saturated rings. The van der Waals surface area contributed by atoms with E-state index in [0.717, 1.165) is 28.5 Å². The first-order valence-electron chi connectivity index (χ1n) is 8.60. The summed E-state index contributed by atoms with van der Waals surface area (Å²) in [5.41, 5.74) is 0.458. The quantitative estimate of drug-likeness (QED) is 0.696. The van der Waals surface area contributed by atoms with Crippen LogP contribution < -0.4 is 10.5 Å². The molecule has 1 aliphatic rings. The second kappa shape index (κ2) is 6.57. The molecular weight excluding hydrogens is 348 g/mol. The molecule has 0 aliphatic carbocycles. The van der Waals surface area contributed by atoms with Crippen molar-refractivity contribution in [3.05, 3.63) is 57.5 Å². The summed E-state index contributed by atoms with van der Waals surface area (Å²) in [7, 11) is 1.72. The van der Waals surface area contributed by atoms with Gasteiger partial charge in [-0.3, -0.25) is 9.59 Å². The number of aromatic nitrogens is 2. The number of hydrogen-bond acceptors (Lipinski definition) is 5. The first-order chi connectivity index (χ1) is 12.6. The number of aryl methyl sites for hydroxylation is 2. The molecule has 26 heavy (non-hydrogen) atoms. The van der Waals surface area contributed by atoms with Gasteiger partial charge in [-0.2, -0.15) is 0 Å². The summed E-state index contributed by atoms with van der Waals surface area (Å²) in [4.78, 5) is 35.0. The lowest BCUT2D eigenvalue weighted by molar-refractivity contribution is 0.0748. The molecular formula is C19H20N4O2S. The lowest BCUT2D eigenvalue weighted by Gasteiger charge is -2.35. The number of anilines is 1. The molecule has 1 aliphatic heterocycles. The van der Waals surface area contributed by atoms with Crippen LogP contribution in [-0.4, -0.2) is 46.5 Å². The van der Waals surface area contributed by atoms with Crippen LogP contribution in [0, 0.1) is 6.92 Å².